The average molecular weight is 635 g/mol. The summed E-state index contributed by atoms with van der Waals surface area (Å²) in [6, 6.07) is 8.52. The molecule has 0 unspecified atom stereocenters. The van der Waals surface area contributed by atoms with E-state index >= 15 is 0 Å². The first kappa shape index (κ1) is 41.9. The molecule has 0 fully saturated rings. The van der Waals surface area contributed by atoms with Crippen LogP contribution in [0.15, 0.2) is 24.3 Å². The number of rotatable bonds is 37. The lowest BCUT2D eigenvalue weighted by Crippen LogP contribution is -2.13. The number of ether oxygens (including phenoxy) is 5. The first-order valence-corrected chi connectivity index (χ1v) is 19.4. The summed E-state index contributed by atoms with van der Waals surface area (Å²) in [7, 11) is 0. The lowest BCUT2D eigenvalue weighted by Gasteiger charge is -2.09. The molecule has 5 nitrogen and oxygen atoms in total. The predicted molar refractivity (Wildman–Crippen MR) is 192 cm³/mol. The van der Waals surface area contributed by atoms with Gasteiger partial charge in [0, 0.05) is 6.61 Å². The van der Waals surface area contributed by atoms with Gasteiger partial charge in [0.2, 0.25) is 0 Å². The zero-order valence-corrected chi connectivity index (χ0v) is 30.0. The van der Waals surface area contributed by atoms with Gasteiger partial charge in [-0.3, -0.25) is 0 Å². The predicted octanol–water partition coefficient (Wildman–Crippen LogP) is 11.3. The second-order valence-electron chi connectivity index (χ2n) is 12.8. The van der Waals surface area contributed by atoms with Gasteiger partial charge in [-0.05, 0) is 37.0 Å². The number of benzene rings is 1. The van der Waals surface area contributed by atoms with E-state index in [-0.39, 0.29) is 0 Å². The molecular weight excluding hydrogens is 560 g/mol. The SMILES string of the molecule is CCCCCCCCCCCCCCCCCCOCCOCCOCCOCCOc1ccc(CCCCCCCC)cc1. The third-order valence-electron chi connectivity index (χ3n) is 8.50. The molecule has 5 heteroatoms. The number of hydrogen-bond acceptors (Lipinski definition) is 5. The molecule has 0 aromatic heterocycles. The Morgan fingerprint density at radius 2 is 0.667 bits per heavy atom. The van der Waals surface area contributed by atoms with E-state index in [4.69, 9.17) is 23.7 Å². The molecule has 0 aliphatic rings. The first-order chi connectivity index (χ1) is 22.4. The van der Waals surface area contributed by atoms with E-state index in [1.807, 2.05) is 0 Å². The molecule has 0 amide bonds. The highest BCUT2D eigenvalue weighted by molar-refractivity contribution is 5.27. The molecule has 1 rings (SSSR count). The number of hydrogen-bond donors (Lipinski definition) is 0. The summed E-state index contributed by atoms with van der Waals surface area (Å²) in [5, 5.41) is 0. The molecular formula is C40H74O5. The van der Waals surface area contributed by atoms with Crippen LogP contribution in [0.3, 0.4) is 0 Å². The highest BCUT2D eigenvalue weighted by Gasteiger charge is 1.99. The molecule has 264 valence electrons. The summed E-state index contributed by atoms with van der Waals surface area (Å²) in [5.41, 5.74) is 1.40. The zero-order valence-electron chi connectivity index (χ0n) is 30.0. The third-order valence-corrected chi connectivity index (χ3v) is 8.50. The Labute approximate surface area is 279 Å². The lowest BCUT2D eigenvalue weighted by atomic mass is 10.0. The first-order valence-electron chi connectivity index (χ1n) is 19.4. The summed E-state index contributed by atoms with van der Waals surface area (Å²) in [6.45, 7) is 10.2. The Kier molecular flexibility index (Phi) is 33.2. The van der Waals surface area contributed by atoms with Gasteiger partial charge in [0.25, 0.3) is 0 Å². The molecule has 1 aromatic carbocycles. The van der Waals surface area contributed by atoms with Crippen molar-refractivity contribution in [1.29, 1.82) is 0 Å². The highest BCUT2D eigenvalue weighted by atomic mass is 16.6. The molecule has 0 saturated heterocycles. The molecule has 45 heavy (non-hydrogen) atoms. The van der Waals surface area contributed by atoms with Gasteiger partial charge in [0.15, 0.2) is 0 Å². The van der Waals surface area contributed by atoms with Crippen molar-refractivity contribution in [3.63, 3.8) is 0 Å². The van der Waals surface area contributed by atoms with Gasteiger partial charge < -0.3 is 23.7 Å². The normalized spacial score (nSPS) is 11.4. The average Bonchev–Trinajstić information content (AvgIpc) is 3.06. The van der Waals surface area contributed by atoms with Crippen molar-refractivity contribution in [2.75, 3.05) is 59.5 Å². The van der Waals surface area contributed by atoms with Crippen molar-refractivity contribution < 1.29 is 23.7 Å². The van der Waals surface area contributed by atoms with Crippen LogP contribution in [0.4, 0.5) is 0 Å². The zero-order chi connectivity index (χ0) is 32.1. The van der Waals surface area contributed by atoms with Gasteiger partial charge >= 0.3 is 0 Å². The Morgan fingerprint density at radius 1 is 0.333 bits per heavy atom. The third kappa shape index (κ3) is 31.2. The van der Waals surface area contributed by atoms with Crippen LogP contribution in [0.1, 0.15) is 161 Å². The minimum atomic E-state index is 0.555. The van der Waals surface area contributed by atoms with Crippen LogP contribution in [-0.2, 0) is 25.4 Å². The Bertz CT molecular complexity index is 680. The molecule has 0 atom stereocenters. The van der Waals surface area contributed by atoms with Crippen LogP contribution in [-0.4, -0.2) is 59.5 Å². The van der Waals surface area contributed by atoms with Crippen LogP contribution >= 0.6 is 0 Å². The van der Waals surface area contributed by atoms with E-state index in [0.29, 0.717) is 52.9 Å². The minimum Gasteiger partial charge on any atom is -0.491 e. The molecule has 0 spiro atoms. The number of aryl methyl sites for hydroxylation is 1. The van der Waals surface area contributed by atoms with Crippen molar-refractivity contribution in [1.82, 2.24) is 0 Å². The van der Waals surface area contributed by atoms with Crippen LogP contribution in [0.25, 0.3) is 0 Å². The van der Waals surface area contributed by atoms with Crippen molar-refractivity contribution >= 4 is 0 Å². The van der Waals surface area contributed by atoms with E-state index < -0.39 is 0 Å². The molecule has 0 heterocycles. The summed E-state index contributed by atoms with van der Waals surface area (Å²) >= 11 is 0. The maximum atomic E-state index is 5.79. The fourth-order valence-corrected chi connectivity index (χ4v) is 5.59. The van der Waals surface area contributed by atoms with Crippen LogP contribution in [0, 0.1) is 0 Å². The second kappa shape index (κ2) is 35.7. The molecule has 0 saturated carbocycles. The largest absolute Gasteiger partial charge is 0.491 e. The molecule has 0 bridgehead atoms. The maximum absolute atomic E-state index is 5.79. The molecule has 0 aliphatic carbocycles. The number of unbranched alkanes of at least 4 members (excludes halogenated alkanes) is 20. The van der Waals surface area contributed by atoms with Crippen LogP contribution in [0.5, 0.6) is 5.75 Å². The van der Waals surface area contributed by atoms with E-state index in [0.717, 1.165) is 25.2 Å². The second-order valence-corrected chi connectivity index (χ2v) is 12.8. The standard InChI is InChI=1S/C40H74O5/c1-3-5-7-9-11-12-13-14-15-16-17-18-19-20-22-24-30-41-31-32-42-33-34-43-35-36-44-37-38-45-40-28-26-39(27-29-40)25-23-21-10-8-6-4-2/h26-29H,3-25,30-38H2,1-2H3. The highest BCUT2D eigenvalue weighted by Crippen LogP contribution is 2.16. The summed E-state index contributed by atoms with van der Waals surface area (Å²) in [6.07, 6.45) is 31.5. The quantitative estimate of drug-likeness (QED) is 0.0681. The van der Waals surface area contributed by atoms with Gasteiger partial charge in [0.1, 0.15) is 12.4 Å². The van der Waals surface area contributed by atoms with Gasteiger partial charge in [-0.1, -0.05) is 154 Å². The van der Waals surface area contributed by atoms with E-state index in [9.17, 15) is 0 Å². The maximum Gasteiger partial charge on any atom is 0.119 e. The molecule has 0 radical (unpaired) electrons. The fraction of sp³-hybridized carbons (Fsp3) is 0.850. The van der Waals surface area contributed by atoms with E-state index in [2.05, 4.69) is 38.1 Å². The minimum absolute atomic E-state index is 0.555. The van der Waals surface area contributed by atoms with E-state index in [1.165, 1.54) is 140 Å². The van der Waals surface area contributed by atoms with Gasteiger partial charge in [0.05, 0.1) is 46.2 Å². The smallest absolute Gasteiger partial charge is 0.119 e. The monoisotopic (exact) mass is 635 g/mol. The van der Waals surface area contributed by atoms with Crippen molar-refractivity contribution in [3.8, 4) is 5.75 Å². The summed E-state index contributed by atoms with van der Waals surface area (Å²) in [5.74, 6) is 0.910. The van der Waals surface area contributed by atoms with Crippen molar-refractivity contribution in [2.24, 2.45) is 0 Å². The molecule has 0 aliphatic heterocycles. The topological polar surface area (TPSA) is 46.2 Å². The Morgan fingerprint density at radius 3 is 1.09 bits per heavy atom. The van der Waals surface area contributed by atoms with Crippen LogP contribution in [0.2, 0.25) is 0 Å². The van der Waals surface area contributed by atoms with E-state index in [1.54, 1.807) is 0 Å². The molecule has 1 aromatic rings. The van der Waals surface area contributed by atoms with Crippen molar-refractivity contribution in [3.05, 3.63) is 29.8 Å². The summed E-state index contributed by atoms with van der Waals surface area (Å²) < 4.78 is 28.3. The van der Waals surface area contributed by atoms with Crippen LogP contribution < -0.4 is 4.74 Å². The molecule has 0 N–H and O–H groups in total. The summed E-state index contributed by atoms with van der Waals surface area (Å²) in [4.78, 5) is 0. The van der Waals surface area contributed by atoms with Gasteiger partial charge in [-0.25, -0.2) is 0 Å². The Hall–Kier alpha value is -1.14. The van der Waals surface area contributed by atoms with Gasteiger partial charge in [-0.2, -0.15) is 0 Å². The lowest BCUT2D eigenvalue weighted by molar-refractivity contribution is -0.00487. The fourth-order valence-electron chi connectivity index (χ4n) is 5.59. The van der Waals surface area contributed by atoms with Gasteiger partial charge in [-0.15, -0.1) is 0 Å². The van der Waals surface area contributed by atoms with Crippen molar-refractivity contribution in [2.45, 2.75) is 162 Å². The Balaban J connectivity index is 1.71.